The third-order valence-electron chi connectivity index (χ3n) is 1.50. The van der Waals surface area contributed by atoms with Crippen molar-refractivity contribution in [1.82, 2.24) is 0 Å². The maximum Gasteiger partial charge on any atom is 0.415 e. The van der Waals surface area contributed by atoms with Gasteiger partial charge in [0.15, 0.2) is 0 Å². The van der Waals surface area contributed by atoms with Gasteiger partial charge in [-0.05, 0) is 12.1 Å². The quantitative estimate of drug-likeness (QED) is 0.358. The minimum atomic E-state index is -4.57. The van der Waals surface area contributed by atoms with Crippen molar-refractivity contribution >= 4 is 19.0 Å². The molecule has 2 nitrogen and oxygen atoms in total. The van der Waals surface area contributed by atoms with Crippen molar-refractivity contribution in [2.75, 3.05) is 5.73 Å². The van der Waals surface area contributed by atoms with Gasteiger partial charge < -0.3 is 10.8 Å². The smallest absolute Gasteiger partial charge is 0.415 e. The number of alkyl halides is 3. The number of halogens is 3. The average molecular weight is 187 g/mol. The summed E-state index contributed by atoms with van der Waals surface area (Å²) in [5.41, 5.74) is 3.38. The number of benzene rings is 1. The van der Waals surface area contributed by atoms with Gasteiger partial charge in [0.1, 0.15) is 13.6 Å². The van der Waals surface area contributed by atoms with Gasteiger partial charge in [-0.1, -0.05) is 5.46 Å². The van der Waals surface area contributed by atoms with Crippen molar-refractivity contribution in [2.24, 2.45) is 0 Å². The molecule has 3 N–H and O–H groups in total. The maximum atomic E-state index is 12.1. The molecular weight excluding hydrogens is 182 g/mol. The molecule has 13 heavy (non-hydrogen) atoms. The molecule has 0 aromatic heterocycles. The lowest BCUT2D eigenvalue weighted by molar-refractivity contribution is -0.136. The highest BCUT2D eigenvalue weighted by molar-refractivity contribution is 6.33. The van der Waals surface area contributed by atoms with Gasteiger partial charge in [0.05, 0.1) is 11.3 Å². The van der Waals surface area contributed by atoms with E-state index in [9.17, 15) is 13.2 Å². The molecule has 0 unspecified atom stereocenters. The van der Waals surface area contributed by atoms with E-state index >= 15 is 0 Å². The lowest BCUT2D eigenvalue weighted by Crippen LogP contribution is -2.20. The van der Waals surface area contributed by atoms with Crippen LogP contribution in [-0.2, 0) is 6.18 Å². The number of hydrogen-bond acceptors (Lipinski definition) is 2. The molecule has 0 amide bonds. The van der Waals surface area contributed by atoms with Gasteiger partial charge >= 0.3 is 6.18 Å². The molecule has 0 aliphatic rings. The van der Waals surface area contributed by atoms with E-state index in [1.54, 1.807) is 0 Å². The highest BCUT2D eigenvalue weighted by atomic mass is 19.4. The summed E-state index contributed by atoms with van der Waals surface area (Å²) in [5, 5.41) is 8.91. The first-order valence-electron chi connectivity index (χ1n) is 3.27. The number of phenolic OH excluding ortho intramolecular Hbond substituents is 1. The fraction of sp³-hybridized carbons (Fsp3) is 0.143. The predicted molar refractivity (Wildman–Crippen MR) is 42.9 cm³/mol. The van der Waals surface area contributed by atoms with Crippen molar-refractivity contribution in [3.63, 3.8) is 0 Å². The Balaban J connectivity index is 3.32. The highest BCUT2D eigenvalue weighted by Crippen LogP contribution is 2.31. The summed E-state index contributed by atoms with van der Waals surface area (Å²) < 4.78 is 36.4. The van der Waals surface area contributed by atoms with Gasteiger partial charge in [-0.2, -0.15) is 13.2 Å². The SMILES string of the molecule is [B]c1cc(N)c(O)cc1C(F)(F)F. The minimum absolute atomic E-state index is 0.175. The number of nitrogens with two attached hydrogens (primary N) is 1. The van der Waals surface area contributed by atoms with Crippen LogP contribution in [0.2, 0.25) is 0 Å². The summed E-state index contributed by atoms with van der Waals surface area (Å²) in [6.45, 7) is 0. The fourth-order valence-corrected chi connectivity index (χ4v) is 0.868. The molecule has 0 aliphatic carbocycles. The van der Waals surface area contributed by atoms with Gasteiger partial charge in [-0.3, -0.25) is 0 Å². The van der Waals surface area contributed by atoms with Crippen LogP contribution in [0, 0.1) is 0 Å². The first-order chi connectivity index (χ1) is 5.82. The Labute approximate surface area is 73.6 Å². The van der Waals surface area contributed by atoms with Crippen LogP contribution in [-0.4, -0.2) is 13.0 Å². The van der Waals surface area contributed by atoms with Gasteiger partial charge in [-0.25, -0.2) is 0 Å². The van der Waals surface area contributed by atoms with E-state index in [1.807, 2.05) is 0 Å². The Morgan fingerprint density at radius 2 is 1.85 bits per heavy atom. The summed E-state index contributed by atoms with van der Waals surface area (Å²) in [6, 6.07) is 1.38. The normalized spacial score (nSPS) is 11.6. The Hall–Kier alpha value is -1.33. The number of hydrogen-bond donors (Lipinski definition) is 2. The molecule has 2 radical (unpaired) electrons. The molecule has 6 heteroatoms. The summed E-state index contributed by atoms with van der Waals surface area (Å²) >= 11 is 0. The standard InChI is InChI=1S/C7H5BF3NO/c8-4-2-5(12)6(13)1-3(4)7(9,10)11/h1-2,13H,12H2. The summed E-state index contributed by atoms with van der Waals surface area (Å²) in [7, 11) is 5.07. The lowest BCUT2D eigenvalue weighted by atomic mass is 9.89. The van der Waals surface area contributed by atoms with Crippen LogP contribution < -0.4 is 11.2 Å². The molecule has 0 saturated carbocycles. The highest BCUT2D eigenvalue weighted by Gasteiger charge is 2.32. The van der Waals surface area contributed by atoms with Crippen LogP contribution in [0.1, 0.15) is 5.56 Å². The Morgan fingerprint density at radius 1 is 1.31 bits per heavy atom. The third kappa shape index (κ3) is 1.88. The summed E-state index contributed by atoms with van der Waals surface area (Å²) in [4.78, 5) is 0. The van der Waals surface area contributed by atoms with Crippen LogP contribution in [0.15, 0.2) is 12.1 Å². The van der Waals surface area contributed by atoms with Crippen molar-refractivity contribution < 1.29 is 18.3 Å². The molecule has 1 aromatic rings. The summed E-state index contributed by atoms with van der Waals surface area (Å²) in [5.74, 6) is -0.624. The lowest BCUT2D eigenvalue weighted by Gasteiger charge is -2.11. The molecule has 0 spiro atoms. The molecule has 1 rings (SSSR count). The van der Waals surface area contributed by atoms with Gasteiger partial charge in [0.25, 0.3) is 0 Å². The molecule has 0 heterocycles. The molecule has 1 aromatic carbocycles. The zero-order chi connectivity index (χ0) is 10.2. The average Bonchev–Trinajstić information content (AvgIpc) is 1.94. The third-order valence-corrected chi connectivity index (χ3v) is 1.50. The minimum Gasteiger partial charge on any atom is -0.506 e. The molecule has 68 valence electrons. The second-order valence-corrected chi connectivity index (χ2v) is 2.50. The summed E-state index contributed by atoms with van der Waals surface area (Å²) in [6.07, 6.45) is -4.57. The monoisotopic (exact) mass is 187 g/mol. The van der Waals surface area contributed by atoms with Crippen molar-refractivity contribution in [2.45, 2.75) is 6.18 Å². The zero-order valence-electron chi connectivity index (χ0n) is 6.39. The van der Waals surface area contributed by atoms with Crippen molar-refractivity contribution in [3.8, 4) is 5.75 Å². The fourth-order valence-electron chi connectivity index (χ4n) is 0.868. The zero-order valence-corrected chi connectivity index (χ0v) is 6.39. The van der Waals surface area contributed by atoms with E-state index < -0.39 is 23.0 Å². The largest absolute Gasteiger partial charge is 0.506 e. The molecule has 0 aliphatic heterocycles. The van der Waals surface area contributed by atoms with Crippen LogP contribution in [0.3, 0.4) is 0 Å². The van der Waals surface area contributed by atoms with E-state index in [1.165, 1.54) is 0 Å². The van der Waals surface area contributed by atoms with E-state index in [2.05, 4.69) is 0 Å². The number of phenols is 1. The topological polar surface area (TPSA) is 46.2 Å². The number of aromatic hydroxyl groups is 1. The van der Waals surface area contributed by atoms with E-state index in [0.717, 1.165) is 6.07 Å². The van der Waals surface area contributed by atoms with Gasteiger partial charge in [0, 0.05) is 0 Å². The van der Waals surface area contributed by atoms with Gasteiger partial charge in [-0.15, -0.1) is 0 Å². The maximum absolute atomic E-state index is 12.1. The van der Waals surface area contributed by atoms with E-state index in [4.69, 9.17) is 18.7 Å². The van der Waals surface area contributed by atoms with E-state index in [-0.39, 0.29) is 5.69 Å². The molecule has 0 bridgehead atoms. The second kappa shape index (κ2) is 2.87. The first-order valence-corrected chi connectivity index (χ1v) is 3.27. The Morgan fingerprint density at radius 3 is 2.31 bits per heavy atom. The number of rotatable bonds is 0. The molecular formula is C7H5BF3NO. The van der Waals surface area contributed by atoms with Crippen LogP contribution in [0.4, 0.5) is 18.9 Å². The Bertz CT molecular complexity index is 337. The molecule has 0 saturated heterocycles. The van der Waals surface area contributed by atoms with Gasteiger partial charge in [0.2, 0.25) is 0 Å². The van der Waals surface area contributed by atoms with E-state index in [0.29, 0.717) is 6.07 Å². The Kier molecular flexibility index (Phi) is 2.15. The molecule has 0 fully saturated rings. The van der Waals surface area contributed by atoms with Crippen LogP contribution in [0.5, 0.6) is 5.75 Å². The number of nitrogen functional groups attached to an aromatic ring is 1. The number of anilines is 1. The first kappa shape index (κ1) is 9.76. The van der Waals surface area contributed by atoms with Crippen molar-refractivity contribution in [3.05, 3.63) is 17.7 Å². The predicted octanol–water partition coefficient (Wildman–Crippen LogP) is 0.787. The van der Waals surface area contributed by atoms with Crippen LogP contribution >= 0.6 is 0 Å². The molecule has 0 atom stereocenters. The second-order valence-electron chi connectivity index (χ2n) is 2.50. The van der Waals surface area contributed by atoms with Crippen LogP contribution in [0.25, 0.3) is 0 Å². The van der Waals surface area contributed by atoms with Crippen molar-refractivity contribution in [1.29, 1.82) is 0 Å².